The molecule has 0 unspecified atom stereocenters. The number of para-hydroxylation sites is 2. The predicted octanol–water partition coefficient (Wildman–Crippen LogP) is 2.48. The van der Waals surface area contributed by atoms with Gasteiger partial charge in [0.15, 0.2) is 0 Å². The Kier molecular flexibility index (Phi) is 5.43. The van der Waals surface area contributed by atoms with Crippen LogP contribution in [0.15, 0.2) is 48.5 Å². The first kappa shape index (κ1) is 16.5. The minimum atomic E-state index is 0.693. The van der Waals surface area contributed by atoms with E-state index in [0.717, 1.165) is 49.9 Å². The Morgan fingerprint density at radius 1 is 0.958 bits per heavy atom. The fraction of sp³-hybridized carbons (Fsp3) is 0.368. The Bertz CT molecular complexity index is 637. The summed E-state index contributed by atoms with van der Waals surface area (Å²) >= 11 is 0. The molecule has 1 aliphatic heterocycles. The molecule has 0 spiro atoms. The standard InChI is InChI=1S/C19H25N3O2/c1-23-19-5-3-2-4-18(19)22-12-10-21(11-13-22)14-15-24-17-8-6-16(20)7-9-17/h2-9H,10-15,20H2,1H3. The molecule has 0 radical (unpaired) electrons. The fourth-order valence-corrected chi connectivity index (χ4v) is 2.96. The van der Waals surface area contributed by atoms with Crippen molar-refractivity contribution in [1.29, 1.82) is 0 Å². The maximum Gasteiger partial charge on any atom is 0.142 e. The van der Waals surface area contributed by atoms with Crippen molar-refractivity contribution in [2.45, 2.75) is 0 Å². The van der Waals surface area contributed by atoms with Crippen LogP contribution in [-0.4, -0.2) is 51.3 Å². The summed E-state index contributed by atoms with van der Waals surface area (Å²) in [5.41, 5.74) is 7.61. The van der Waals surface area contributed by atoms with Crippen molar-refractivity contribution in [3.8, 4) is 11.5 Å². The van der Waals surface area contributed by atoms with Crippen molar-refractivity contribution in [3.63, 3.8) is 0 Å². The summed E-state index contributed by atoms with van der Waals surface area (Å²) in [7, 11) is 1.73. The molecule has 24 heavy (non-hydrogen) atoms. The highest BCUT2D eigenvalue weighted by atomic mass is 16.5. The molecule has 128 valence electrons. The monoisotopic (exact) mass is 327 g/mol. The third-order valence-electron chi connectivity index (χ3n) is 4.35. The summed E-state index contributed by atoms with van der Waals surface area (Å²) in [5.74, 6) is 1.81. The Hall–Kier alpha value is -2.40. The molecular weight excluding hydrogens is 302 g/mol. The van der Waals surface area contributed by atoms with Crippen molar-refractivity contribution in [2.24, 2.45) is 0 Å². The highest BCUT2D eigenvalue weighted by Gasteiger charge is 2.19. The van der Waals surface area contributed by atoms with Crippen LogP contribution in [0.3, 0.4) is 0 Å². The summed E-state index contributed by atoms with van der Waals surface area (Å²) < 4.78 is 11.2. The van der Waals surface area contributed by atoms with Gasteiger partial charge in [0.1, 0.15) is 18.1 Å². The summed E-state index contributed by atoms with van der Waals surface area (Å²) in [5, 5.41) is 0. The molecule has 1 aliphatic rings. The van der Waals surface area contributed by atoms with Gasteiger partial charge in [-0.05, 0) is 36.4 Å². The largest absolute Gasteiger partial charge is 0.495 e. The molecule has 2 aromatic carbocycles. The number of hydrogen-bond acceptors (Lipinski definition) is 5. The lowest BCUT2D eigenvalue weighted by molar-refractivity contribution is 0.200. The average Bonchev–Trinajstić information content (AvgIpc) is 2.64. The number of methoxy groups -OCH3 is 1. The van der Waals surface area contributed by atoms with Crippen LogP contribution in [0.1, 0.15) is 0 Å². The van der Waals surface area contributed by atoms with Crippen LogP contribution in [-0.2, 0) is 0 Å². The molecule has 1 fully saturated rings. The molecular formula is C19H25N3O2. The van der Waals surface area contributed by atoms with Crippen LogP contribution < -0.4 is 20.1 Å². The summed E-state index contributed by atoms with van der Waals surface area (Å²) in [6, 6.07) is 15.8. The van der Waals surface area contributed by atoms with E-state index in [1.165, 1.54) is 5.69 Å². The zero-order valence-corrected chi connectivity index (χ0v) is 14.1. The van der Waals surface area contributed by atoms with E-state index in [2.05, 4.69) is 21.9 Å². The number of nitrogen functional groups attached to an aromatic ring is 1. The predicted molar refractivity (Wildman–Crippen MR) is 98.0 cm³/mol. The molecule has 2 aromatic rings. The van der Waals surface area contributed by atoms with Gasteiger partial charge in [-0.15, -0.1) is 0 Å². The van der Waals surface area contributed by atoms with Crippen molar-refractivity contribution in [3.05, 3.63) is 48.5 Å². The van der Waals surface area contributed by atoms with E-state index >= 15 is 0 Å². The topological polar surface area (TPSA) is 51.0 Å². The smallest absolute Gasteiger partial charge is 0.142 e. The van der Waals surface area contributed by atoms with Crippen molar-refractivity contribution in [1.82, 2.24) is 4.90 Å². The Balaban J connectivity index is 1.44. The maximum atomic E-state index is 5.78. The Labute approximate surface area is 143 Å². The number of anilines is 2. The van der Waals surface area contributed by atoms with E-state index in [4.69, 9.17) is 15.2 Å². The number of piperazine rings is 1. The second kappa shape index (κ2) is 7.93. The zero-order chi connectivity index (χ0) is 16.8. The summed E-state index contributed by atoms with van der Waals surface area (Å²) in [6.45, 7) is 5.69. The number of nitrogens with zero attached hydrogens (tertiary/aromatic N) is 2. The summed E-state index contributed by atoms with van der Waals surface area (Å²) in [6.07, 6.45) is 0. The van der Waals surface area contributed by atoms with E-state index in [0.29, 0.717) is 6.61 Å². The molecule has 1 heterocycles. The minimum absolute atomic E-state index is 0.693. The molecule has 2 N–H and O–H groups in total. The van der Waals surface area contributed by atoms with E-state index in [1.807, 2.05) is 36.4 Å². The van der Waals surface area contributed by atoms with Gasteiger partial charge in [0, 0.05) is 38.4 Å². The molecule has 0 atom stereocenters. The van der Waals surface area contributed by atoms with Gasteiger partial charge in [0.05, 0.1) is 12.8 Å². The molecule has 0 bridgehead atoms. The SMILES string of the molecule is COc1ccccc1N1CCN(CCOc2ccc(N)cc2)CC1. The molecule has 5 nitrogen and oxygen atoms in total. The molecule has 1 saturated heterocycles. The van der Waals surface area contributed by atoms with Gasteiger partial charge in [-0.25, -0.2) is 0 Å². The van der Waals surface area contributed by atoms with E-state index < -0.39 is 0 Å². The third-order valence-corrected chi connectivity index (χ3v) is 4.35. The van der Waals surface area contributed by atoms with Gasteiger partial charge in [0.25, 0.3) is 0 Å². The lowest BCUT2D eigenvalue weighted by Gasteiger charge is -2.36. The second-order valence-corrected chi connectivity index (χ2v) is 5.92. The minimum Gasteiger partial charge on any atom is -0.495 e. The second-order valence-electron chi connectivity index (χ2n) is 5.92. The molecule has 0 saturated carbocycles. The number of ether oxygens (including phenoxy) is 2. The number of nitrogens with two attached hydrogens (primary N) is 1. The van der Waals surface area contributed by atoms with E-state index in [9.17, 15) is 0 Å². The lowest BCUT2D eigenvalue weighted by Crippen LogP contribution is -2.47. The van der Waals surface area contributed by atoms with Crippen LogP contribution in [0.5, 0.6) is 11.5 Å². The molecule has 0 aromatic heterocycles. The van der Waals surface area contributed by atoms with Gasteiger partial charge >= 0.3 is 0 Å². The van der Waals surface area contributed by atoms with Gasteiger partial charge in [0.2, 0.25) is 0 Å². The fourth-order valence-electron chi connectivity index (χ4n) is 2.96. The molecule has 0 amide bonds. The van der Waals surface area contributed by atoms with E-state index in [-0.39, 0.29) is 0 Å². The van der Waals surface area contributed by atoms with Crippen LogP contribution in [0.4, 0.5) is 11.4 Å². The first-order valence-corrected chi connectivity index (χ1v) is 8.35. The molecule has 5 heteroatoms. The van der Waals surface area contributed by atoms with Crippen molar-refractivity contribution < 1.29 is 9.47 Å². The number of hydrogen-bond donors (Lipinski definition) is 1. The first-order chi connectivity index (χ1) is 11.8. The van der Waals surface area contributed by atoms with Crippen LogP contribution in [0, 0.1) is 0 Å². The molecule has 3 rings (SSSR count). The van der Waals surface area contributed by atoms with Crippen molar-refractivity contribution in [2.75, 3.05) is 57.1 Å². The Morgan fingerprint density at radius 3 is 2.38 bits per heavy atom. The molecule has 0 aliphatic carbocycles. The Morgan fingerprint density at radius 2 is 1.67 bits per heavy atom. The van der Waals surface area contributed by atoms with Crippen LogP contribution in [0.2, 0.25) is 0 Å². The van der Waals surface area contributed by atoms with Crippen LogP contribution in [0.25, 0.3) is 0 Å². The highest BCUT2D eigenvalue weighted by Crippen LogP contribution is 2.28. The first-order valence-electron chi connectivity index (χ1n) is 8.35. The number of rotatable bonds is 6. The zero-order valence-electron chi connectivity index (χ0n) is 14.1. The average molecular weight is 327 g/mol. The maximum absolute atomic E-state index is 5.78. The van der Waals surface area contributed by atoms with Gasteiger partial charge in [-0.2, -0.15) is 0 Å². The highest BCUT2D eigenvalue weighted by molar-refractivity contribution is 5.58. The third kappa shape index (κ3) is 4.11. The summed E-state index contributed by atoms with van der Waals surface area (Å²) in [4.78, 5) is 4.82. The normalized spacial score (nSPS) is 15.3. The number of benzene rings is 2. The quantitative estimate of drug-likeness (QED) is 0.826. The van der Waals surface area contributed by atoms with Gasteiger partial charge < -0.3 is 20.1 Å². The van der Waals surface area contributed by atoms with E-state index in [1.54, 1.807) is 7.11 Å². The lowest BCUT2D eigenvalue weighted by atomic mass is 10.2. The van der Waals surface area contributed by atoms with Gasteiger partial charge in [-0.1, -0.05) is 12.1 Å². The van der Waals surface area contributed by atoms with Gasteiger partial charge in [-0.3, -0.25) is 4.90 Å². The van der Waals surface area contributed by atoms with Crippen molar-refractivity contribution >= 4 is 11.4 Å². The van der Waals surface area contributed by atoms with Crippen LogP contribution >= 0.6 is 0 Å².